The molecule has 0 amide bonds. The summed E-state index contributed by atoms with van der Waals surface area (Å²) in [5, 5.41) is 7.03. The SMILES string of the molecule is CN(C)c1n[nH]c(Cc2ccccc2)n1. The largest absolute Gasteiger partial charge is 0.346 e. The molecule has 0 saturated heterocycles. The molecule has 4 nitrogen and oxygen atoms in total. The first-order valence-corrected chi connectivity index (χ1v) is 4.88. The third-order valence-corrected chi connectivity index (χ3v) is 2.13. The van der Waals surface area contributed by atoms with E-state index in [2.05, 4.69) is 27.3 Å². The topological polar surface area (TPSA) is 44.8 Å². The summed E-state index contributed by atoms with van der Waals surface area (Å²) in [6.45, 7) is 0. The third kappa shape index (κ3) is 2.34. The molecule has 1 N–H and O–H groups in total. The van der Waals surface area contributed by atoms with Gasteiger partial charge in [0.25, 0.3) is 0 Å². The minimum Gasteiger partial charge on any atom is -0.346 e. The van der Waals surface area contributed by atoms with Gasteiger partial charge in [0.1, 0.15) is 5.82 Å². The van der Waals surface area contributed by atoms with E-state index in [4.69, 9.17) is 0 Å². The molecule has 0 aliphatic rings. The lowest BCUT2D eigenvalue weighted by Gasteiger charge is -2.03. The second-order valence-corrected chi connectivity index (χ2v) is 3.64. The van der Waals surface area contributed by atoms with E-state index in [1.54, 1.807) is 0 Å². The molecule has 0 spiro atoms. The van der Waals surface area contributed by atoms with Crippen molar-refractivity contribution in [2.45, 2.75) is 6.42 Å². The molecule has 78 valence electrons. The molecular weight excluding hydrogens is 188 g/mol. The van der Waals surface area contributed by atoms with Gasteiger partial charge in [-0.05, 0) is 5.56 Å². The molecule has 2 aromatic rings. The van der Waals surface area contributed by atoms with Gasteiger partial charge in [0.15, 0.2) is 0 Å². The van der Waals surface area contributed by atoms with Crippen LogP contribution in [0.2, 0.25) is 0 Å². The van der Waals surface area contributed by atoms with E-state index in [0.29, 0.717) is 0 Å². The van der Waals surface area contributed by atoms with Crippen LogP contribution in [-0.2, 0) is 6.42 Å². The summed E-state index contributed by atoms with van der Waals surface area (Å²) in [4.78, 5) is 6.24. The maximum absolute atomic E-state index is 4.36. The molecule has 0 atom stereocenters. The van der Waals surface area contributed by atoms with Crippen LogP contribution in [0.15, 0.2) is 30.3 Å². The Morgan fingerprint density at radius 3 is 2.53 bits per heavy atom. The van der Waals surface area contributed by atoms with Crippen LogP contribution in [0.3, 0.4) is 0 Å². The Morgan fingerprint density at radius 2 is 1.93 bits per heavy atom. The Labute approximate surface area is 89.0 Å². The molecule has 1 aromatic heterocycles. The van der Waals surface area contributed by atoms with Crippen molar-refractivity contribution in [1.82, 2.24) is 15.2 Å². The van der Waals surface area contributed by atoms with E-state index >= 15 is 0 Å². The van der Waals surface area contributed by atoms with Gasteiger partial charge in [-0.15, -0.1) is 5.10 Å². The van der Waals surface area contributed by atoms with Gasteiger partial charge in [0.2, 0.25) is 5.95 Å². The van der Waals surface area contributed by atoms with Crippen LogP contribution in [-0.4, -0.2) is 29.3 Å². The Morgan fingerprint density at radius 1 is 1.20 bits per heavy atom. The highest BCUT2D eigenvalue weighted by Gasteiger charge is 2.04. The van der Waals surface area contributed by atoms with Gasteiger partial charge in [-0.2, -0.15) is 4.98 Å². The quantitative estimate of drug-likeness (QED) is 0.819. The molecule has 4 heteroatoms. The maximum atomic E-state index is 4.36. The van der Waals surface area contributed by atoms with E-state index in [1.807, 2.05) is 37.2 Å². The first-order valence-electron chi connectivity index (χ1n) is 4.88. The summed E-state index contributed by atoms with van der Waals surface area (Å²) in [6, 6.07) is 10.2. The number of nitrogens with zero attached hydrogens (tertiary/aromatic N) is 3. The number of benzene rings is 1. The standard InChI is InChI=1S/C11H14N4/c1-15(2)11-12-10(13-14-11)8-9-6-4-3-5-7-9/h3-7H,8H2,1-2H3,(H,12,13,14). The van der Waals surface area contributed by atoms with Crippen molar-refractivity contribution in [3.05, 3.63) is 41.7 Å². The summed E-state index contributed by atoms with van der Waals surface area (Å²) in [5.41, 5.74) is 1.24. The van der Waals surface area contributed by atoms with Crippen molar-refractivity contribution in [2.75, 3.05) is 19.0 Å². The molecule has 0 aliphatic heterocycles. The van der Waals surface area contributed by atoms with Crippen molar-refractivity contribution >= 4 is 5.95 Å². The van der Waals surface area contributed by atoms with E-state index in [0.717, 1.165) is 18.2 Å². The van der Waals surface area contributed by atoms with Crippen LogP contribution < -0.4 is 4.90 Å². The van der Waals surface area contributed by atoms with Crippen molar-refractivity contribution in [2.24, 2.45) is 0 Å². The predicted molar refractivity (Wildman–Crippen MR) is 60.0 cm³/mol. The van der Waals surface area contributed by atoms with E-state index in [1.165, 1.54) is 5.56 Å². The van der Waals surface area contributed by atoms with Crippen LogP contribution in [0.25, 0.3) is 0 Å². The monoisotopic (exact) mass is 202 g/mol. The minimum atomic E-state index is 0.723. The molecule has 0 bridgehead atoms. The third-order valence-electron chi connectivity index (χ3n) is 2.13. The summed E-state index contributed by atoms with van der Waals surface area (Å²) >= 11 is 0. The molecule has 2 rings (SSSR count). The van der Waals surface area contributed by atoms with Crippen LogP contribution in [0, 0.1) is 0 Å². The predicted octanol–water partition coefficient (Wildman–Crippen LogP) is 1.46. The number of anilines is 1. The Bertz CT molecular complexity index is 419. The summed E-state index contributed by atoms with van der Waals surface area (Å²) in [7, 11) is 3.85. The number of nitrogens with one attached hydrogen (secondary N) is 1. The zero-order chi connectivity index (χ0) is 10.7. The number of H-pyrrole nitrogens is 1. The van der Waals surface area contributed by atoms with Crippen molar-refractivity contribution in [3.63, 3.8) is 0 Å². The van der Waals surface area contributed by atoms with Gasteiger partial charge < -0.3 is 4.90 Å². The summed E-state index contributed by atoms with van der Waals surface area (Å²) < 4.78 is 0. The molecule has 0 radical (unpaired) electrons. The average Bonchev–Trinajstić information content (AvgIpc) is 2.68. The lowest BCUT2D eigenvalue weighted by molar-refractivity contribution is 0.967. The number of hydrogen-bond acceptors (Lipinski definition) is 3. The number of aromatic nitrogens is 3. The second-order valence-electron chi connectivity index (χ2n) is 3.64. The minimum absolute atomic E-state index is 0.723. The maximum Gasteiger partial charge on any atom is 0.244 e. The fourth-order valence-corrected chi connectivity index (χ4v) is 1.35. The van der Waals surface area contributed by atoms with E-state index in [-0.39, 0.29) is 0 Å². The summed E-state index contributed by atoms with van der Waals surface area (Å²) in [6.07, 6.45) is 0.793. The van der Waals surface area contributed by atoms with Gasteiger partial charge in [0, 0.05) is 20.5 Å². The first kappa shape index (κ1) is 9.71. The van der Waals surface area contributed by atoms with Crippen molar-refractivity contribution in [1.29, 1.82) is 0 Å². The first-order chi connectivity index (χ1) is 7.25. The fraction of sp³-hybridized carbons (Fsp3) is 0.273. The summed E-state index contributed by atoms with van der Waals surface area (Å²) in [5.74, 6) is 1.62. The molecule has 15 heavy (non-hydrogen) atoms. The molecule has 0 saturated carbocycles. The van der Waals surface area contributed by atoms with Crippen LogP contribution in [0.1, 0.15) is 11.4 Å². The van der Waals surface area contributed by atoms with Gasteiger partial charge in [-0.25, -0.2) is 0 Å². The van der Waals surface area contributed by atoms with Crippen LogP contribution in [0.4, 0.5) is 5.95 Å². The number of rotatable bonds is 3. The van der Waals surface area contributed by atoms with E-state index in [9.17, 15) is 0 Å². The highest BCUT2D eigenvalue weighted by Crippen LogP contribution is 2.07. The van der Waals surface area contributed by atoms with Gasteiger partial charge >= 0.3 is 0 Å². The highest BCUT2D eigenvalue weighted by atomic mass is 15.3. The Kier molecular flexibility index (Phi) is 2.67. The van der Waals surface area contributed by atoms with Gasteiger partial charge in [0.05, 0.1) is 0 Å². The lowest BCUT2D eigenvalue weighted by Crippen LogP contribution is -2.10. The highest BCUT2D eigenvalue weighted by molar-refractivity contribution is 5.27. The molecule has 1 heterocycles. The molecule has 1 aromatic carbocycles. The van der Waals surface area contributed by atoms with E-state index < -0.39 is 0 Å². The van der Waals surface area contributed by atoms with Crippen molar-refractivity contribution in [3.8, 4) is 0 Å². The smallest absolute Gasteiger partial charge is 0.244 e. The number of aromatic amines is 1. The zero-order valence-electron chi connectivity index (χ0n) is 8.94. The Balaban J connectivity index is 2.12. The normalized spacial score (nSPS) is 10.3. The van der Waals surface area contributed by atoms with Crippen LogP contribution >= 0.6 is 0 Å². The Hall–Kier alpha value is -1.84. The molecule has 0 unspecified atom stereocenters. The molecule has 0 fully saturated rings. The molecule has 0 aliphatic carbocycles. The van der Waals surface area contributed by atoms with Gasteiger partial charge in [-0.3, -0.25) is 5.10 Å². The zero-order valence-corrected chi connectivity index (χ0v) is 8.94. The average molecular weight is 202 g/mol. The van der Waals surface area contributed by atoms with Gasteiger partial charge in [-0.1, -0.05) is 30.3 Å². The fourth-order valence-electron chi connectivity index (χ4n) is 1.35. The lowest BCUT2D eigenvalue weighted by atomic mass is 10.1. The van der Waals surface area contributed by atoms with Crippen LogP contribution in [0.5, 0.6) is 0 Å². The second kappa shape index (κ2) is 4.13. The van der Waals surface area contributed by atoms with Crippen molar-refractivity contribution < 1.29 is 0 Å². The molecular formula is C11H14N4. The number of hydrogen-bond donors (Lipinski definition) is 1.